The van der Waals surface area contributed by atoms with Crippen molar-refractivity contribution in [1.29, 1.82) is 0 Å². The fraction of sp³-hybridized carbons (Fsp3) is 0.529. The van der Waals surface area contributed by atoms with E-state index >= 15 is 0 Å². The Bertz CT molecular complexity index is 808. The van der Waals surface area contributed by atoms with E-state index in [0.29, 0.717) is 24.0 Å². The summed E-state index contributed by atoms with van der Waals surface area (Å²) in [5, 5.41) is 15.0. The van der Waals surface area contributed by atoms with E-state index in [1.54, 1.807) is 4.68 Å². The molecule has 27 heavy (non-hydrogen) atoms. The molecule has 4 rings (SSSR count). The zero-order chi connectivity index (χ0) is 18.6. The van der Waals surface area contributed by atoms with E-state index < -0.39 is 0 Å². The topological polar surface area (TPSA) is 100 Å². The number of fused-ring (bicyclic) bond motifs is 1. The Morgan fingerprint density at radius 3 is 3.15 bits per heavy atom. The lowest BCUT2D eigenvalue weighted by Gasteiger charge is -2.13. The minimum Gasteiger partial charge on any atom is -0.454 e. The van der Waals surface area contributed by atoms with Crippen molar-refractivity contribution in [2.45, 2.75) is 49.4 Å². The van der Waals surface area contributed by atoms with Gasteiger partial charge < -0.3 is 19.5 Å². The average Bonchev–Trinajstić information content (AvgIpc) is 3.42. The molecule has 10 heteroatoms. The molecule has 0 bridgehead atoms. The fourth-order valence-electron chi connectivity index (χ4n) is 2.97. The van der Waals surface area contributed by atoms with Crippen LogP contribution in [0.2, 0.25) is 0 Å². The third kappa shape index (κ3) is 4.33. The minimum absolute atomic E-state index is 0.0793. The lowest BCUT2D eigenvalue weighted by Crippen LogP contribution is -2.30. The summed E-state index contributed by atoms with van der Waals surface area (Å²) >= 11 is 1.34. The fourth-order valence-corrected chi connectivity index (χ4v) is 3.80. The van der Waals surface area contributed by atoms with Crippen molar-refractivity contribution in [1.82, 2.24) is 25.5 Å². The molecule has 2 aliphatic heterocycles. The third-order valence-corrected chi connectivity index (χ3v) is 5.53. The van der Waals surface area contributed by atoms with E-state index in [9.17, 15) is 4.79 Å². The first kappa shape index (κ1) is 18.1. The van der Waals surface area contributed by atoms with E-state index in [2.05, 4.69) is 20.8 Å². The first-order valence-corrected chi connectivity index (χ1v) is 9.77. The smallest absolute Gasteiger partial charge is 0.233 e. The molecule has 1 aromatic carbocycles. The van der Waals surface area contributed by atoms with Gasteiger partial charge in [-0.15, -0.1) is 5.10 Å². The second-order valence-corrected chi connectivity index (χ2v) is 7.75. The summed E-state index contributed by atoms with van der Waals surface area (Å²) in [7, 11) is 0. The lowest BCUT2D eigenvalue weighted by molar-refractivity contribution is -0.120. The molecule has 0 saturated carbocycles. The minimum atomic E-state index is -0.326. The maximum absolute atomic E-state index is 12.4. The zero-order valence-electron chi connectivity index (χ0n) is 15.0. The van der Waals surface area contributed by atoms with Gasteiger partial charge in [-0.25, -0.2) is 4.68 Å². The molecule has 0 aliphatic carbocycles. The Morgan fingerprint density at radius 2 is 2.30 bits per heavy atom. The molecule has 2 aliphatic rings. The number of carbonyl (C=O) groups is 1. The summed E-state index contributed by atoms with van der Waals surface area (Å²) in [4.78, 5) is 12.4. The molecule has 0 unspecified atom stereocenters. The molecule has 2 atom stereocenters. The number of ether oxygens (including phenoxy) is 3. The Hall–Kier alpha value is -2.33. The molecule has 2 aromatic rings. The molecule has 1 amide bonds. The first-order chi connectivity index (χ1) is 13.2. The van der Waals surface area contributed by atoms with Gasteiger partial charge in [-0.05, 0) is 47.9 Å². The maximum atomic E-state index is 12.4. The van der Waals surface area contributed by atoms with Crippen molar-refractivity contribution in [3.63, 3.8) is 0 Å². The number of rotatable bonds is 7. The van der Waals surface area contributed by atoms with Crippen molar-refractivity contribution in [3.05, 3.63) is 23.8 Å². The van der Waals surface area contributed by atoms with Crippen LogP contribution in [-0.2, 0) is 22.6 Å². The van der Waals surface area contributed by atoms with Crippen molar-refractivity contribution in [2.24, 2.45) is 0 Å². The predicted octanol–water partition coefficient (Wildman–Crippen LogP) is 1.38. The number of amides is 1. The monoisotopic (exact) mass is 391 g/mol. The first-order valence-electron chi connectivity index (χ1n) is 8.90. The van der Waals surface area contributed by atoms with Crippen LogP contribution >= 0.6 is 11.8 Å². The summed E-state index contributed by atoms with van der Waals surface area (Å²) in [6.45, 7) is 3.89. The number of thioether (sulfide) groups is 1. The van der Waals surface area contributed by atoms with Gasteiger partial charge in [0.2, 0.25) is 17.9 Å². The van der Waals surface area contributed by atoms with Crippen LogP contribution < -0.4 is 14.8 Å². The van der Waals surface area contributed by atoms with Crippen molar-refractivity contribution in [2.75, 3.05) is 13.4 Å². The molecule has 1 fully saturated rings. The standard InChI is InChI=1S/C17H21N5O4S/c1-11(27-17-19-20-21-22(17)9-13-3-2-6-24-13)16(23)18-8-12-4-5-14-15(7-12)26-10-25-14/h4-5,7,11,13H,2-3,6,8-10H2,1H3,(H,18,23)/t11-,13-/m1/s1. The number of aromatic nitrogens is 4. The lowest BCUT2D eigenvalue weighted by atomic mass is 10.2. The SMILES string of the molecule is C[C@@H](Sc1nnnn1C[C@H]1CCCO1)C(=O)NCc1ccc2c(c1)OCO2. The maximum Gasteiger partial charge on any atom is 0.233 e. The number of hydrogen-bond donors (Lipinski definition) is 1. The summed E-state index contributed by atoms with van der Waals surface area (Å²) in [5.41, 5.74) is 0.952. The van der Waals surface area contributed by atoms with Crippen LogP contribution in [0, 0.1) is 0 Å². The van der Waals surface area contributed by atoms with E-state index in [0.717, 1.165) is 30.8 Å². The third-order valence-electron chi connectivity index (χ3n) is 4.45. The van der Waals surface area contributed by atoms with E-state index in [4.69, 9.17) is 14.2 Å². The second kappa shape index (κ2) is 8.13. The molecule has 1 saturated heterocycles. The van der Waals surface area contributed by atoms with Crippen LogP contribution in [0.25, 0.3) is 0 Å². The van der Waals surface area contributed by atoms with Crippen LogP contribution in [-0.4, -0.2) is 50.9 Å². The van der Waals surface area contributed by atoms with Crippen molar-refractivity contribution >= 4 is 17.7 Å². The van der Waals surface area contributed by atoms with Gasteiger partial charge >= 0.3 is 0 Å². The Morgan fingerprint density at radius 1 is 1.41 bits per heavy atom. The molecule has 0 radical (unpaired) electrons. The van der Waals surface area contributed by atoms with Crippen LogP contribution in [0.5, 0.6) is 11.5 Å². The summed E-state index contributed by atoms with van der Waals surface area (Å²) < 4.78 is 18.0. The van der Waals surface area contributed by atoms with Gasteiger partial charge in [0.1, 0.15) is 0 Å². The summed E-state index contributed by atoms with van der Waals surface area (Å²) in [5.74, 6) is 1.36. The number of hydrogen-bond acceptors (Lipinski definition) is 8. The van der Waals surface area contributed by atoms with Crippen LogP contribution in [0.15, 0.2) is 23.4 Å². The highest BCUT2D eigenvalue weighted by atomic mass is 32.2. The van der Waals surface area contributed by atoms with Crippen molar-refractivity contribution in [3.8, 4) is 11.5 Å². The van der Waals surface area contributed by atoms with Gasteiger partial charge in [-0.3, -0.25) is 4.79 Å². The van der Waals surface area contributed by atoms with E-state index in [-0.39, 0.29) is 24.1 Å². The van der Waals surface area contributed by atoms with E-state index in [1.165, 1.54) is 11.8 Å². The summed E-state index contributed by atoms with van der Waals surface area (Å²) in [6, 6.07) is 5.64. The number of benzene rings is 1. The highest BCUT2D eigenvalue weighted by molar-refractivity contribution is 8.00. The Balaban J connectivity index is 1.30. The molecular weight excluding hydrogens is 370 g/mol. The Labute approximate surface area is 160 Å². The van der Waals surface area contributed by atoms with Crippen LogP contribution in [0.1, 0.15) is 25.3 Å². The second-order valence-electron chi connectivity index (χ2n) is 6.44. The van der Waals surface area contributed by atoms with Crippen LogP contribution in [0.3, 0.4) is 0 Å². The molecule has 0 spiro atoms. The number of carbonyl (C=O) groups excluding carboxylic acids is 1. The van der Waals surface area contributed by atoms with Gasteiger partial charge in [-0.2, -0.15) is 0 Å². The molecule has 9 nitrogen and oxygen atoms in total. The molecule has 1 N–H and O–H groups in total. The highest BCUT2D eigenvalue weighted by Gasteiger charge is 2.22. The highest BCUT2D eigenvalue weighted by Crippen LogP contribution is 2.32. The van der Waals surface area contributed by atoms with Gasteiger partial charge in [0.25, 0.3) is 0 Å². The van der Waals surface area contributed by atoms with Crippen LogP contribution in [0.4, 0.5) is 0 Å². The van der Waals surface area contributed by atoms with Gasteiger partial charge in [-0.1, -0.05) is 17.8 Å². The number of tetrazole rings is 1. The normalized spacial score (nSPS) is 19.2. The quantitative estimate of drug-likeness (QED) is 0.707. The molecular formula is C17H21N5O4S. The molecule has 1 aromatic heterocycles. The molecule has 3 heterocycles. The van der Waals surface area contributed by atoms with E-state index in [1.807, 2.05) is 25.1 Å². The van der Waals surface area contributed by atoms with Gasteiger partial charge in [0.15, 0.2) is 11.5 Å². The molecule has 144 valence electrons. The average molecular weight is 391 g/mol. The van der Waals surface area contributed by atoms with Gasteiger partial charge in [0, 0.05) is 13.2 Å². The zero-order valence-corrected chi connectivity index (χ0v) is 15.8. The van der Waals surface area contributed by atoms with Crippen molar-refractivity contribution < 1.29 is 19.0 Å². The number of nitrogens with one attached hydrogen (secondary N) is 1. The largest absolute Gasteiger partial charge is 0.454 e. The Kier molecular flexibility index (Phi) is 5.44. The summed E-state index contributed by atoms with van der Waals surface area (Å²) in [6.07, 6.45) is 2.21. The predicted molar refractivity (Wildman–Crippen MR) is 96.5 cm³/mol. The number of nitrogens with zero attached hydrogens (tertiary/aromatic N) is 4. The van der Waals surface area contributed by atoms with Gasteiger partial charge in [0.05, 0.1) is 17.9 Å².